The van der Waals surface area contributed by atoms with Crippen LogP contribution in [0.5, 0.6) is 0 Å². The third-order valence-electron chi connectivity index (χ3n) is 2.74. The topological polar surface area (TPSA) is 76.0 Å². The number of rotatable bonds is 3. The maximum atomic E-state index is 11.6. The SMILES string of the molecule is CCc1cc(-c2ccc(S(N)=O)s2)c(C)[nH]c1=O. The Morgan fingerprint density at radius 3 is 2.72 bits per heavy atom. The van der Waals surface area contributed by atoms with Crippen LogP contribution in [0.15, 0.2) is 27.2 Å². The van der Waals surface area contributed by atoms with E-state index in [1.165, 1.54) is 11.3 Å². The van der Waals surface area contributed by atoms with E-state index in [0.717, 1.165) is 21.7 Å². The van der Waals surface area contributed by atoms with E-state index in [-0.39, 0.29) is 5.56 Å². The van der Waals surface area contributed by atoms with Crippen LogP contribution in [0.1, 0.15) is 18.2 Å². The van der Waals surface area contributed by atoms with Gasteiger partial charge < -0.3 is 4.98 Å². The number of hydrogen-bond donors (Lipinski definition) is 2. The average molecular weight is 282 g/mol. The zero-order valence-electron chi connectivity index (χ0n) is 10.1. The summed E-state index contributed by atoms with van der Waals surface area (Å²) in [5.74, 6) is 0. The Labute approximate surface area is 111 Å². The van der Waals surface area contributed by atoms with E-state index in [0.29, 0.717) is 10.6 Å². The molecule has 1 unspecified atom stereocenters. The van der Waals surface area contributed by atoms with Crippen molar-refractivity contribution in [3.8, 4) is 10.4 Å². The van der Waals surface area contributed by atoms with Crippen LogP contribution in [0.2, 0.25) is 0 Å². The zero-order chi connectivity index (χ0) is 13.3. The Bertz CT molecular complexity index is 658. The van der Waals surface area contributed by atoms with Gasteiger partial charge in [-0.25, -0.2) is 9.35 Å². The van der Waals surface area contributed by atoms with Gasteiger partial charge in [0.05, 0.1) is 0 Å². The Morgan fingerprint density at radius 2 is 2.17 bits per heavy atom. The molecule has 2 aromatic heterocycles. The molecule has 0 aliphatic rings. The Morgan fingerprint density at radius 1 is 1.44 bits per heavy atom. The molecule has 0 bridgehead atoms. The molecule has 0 fully saturated rings. The zero-order valence-corrected chi connectivity index (χ0v) is 11.8. The molecule has 0 spiro atoms. The quantitative estimate of drug-likeness (QED) is 0.903. The highest BCUT2D eigenvalue weighted by atomic mass is 32.2. The van der Waals surface area contributed by atoms with Crippen molar-refractivity contribution in [3.63, 3.8) is 0 Å². The van der Waals surface area contributed by atoms with Gasteiger partial charge in [0.25, 0.3) is 5.56 Å². The van der Waals surface area contributed by atoms with Crippen LogP contribution in [0.3, 0.4) is 0 Å². The summed E-state index contributed by atoms with van der Waals surface area (Å²) >= 11 is 1.39. The third kappa shape index (κ3) is 2.45. The van der Waals surface area contributed by atoms with Gasteiger partial charge in [0.1, 0.15) is 15.2 Å². The molecule has 0 saturated carbocycles. The number of aromatic nitrogens is 1. The van der Waals surface area contributed by atoms with E-state index in [1.54, 1.807) is 6.07 Å². The molecule has 0 aliphatic heterocycles. The van der Waals surface area contributed by atoms with Gasteiger partial charge >= 0.3 is 0 Å². The van der Waals surface area contributed by atoms with E-state index in [4.69, 9.17) is 5.14 Å². The van der Waals surface area contributed by atoms with Gasteiger partial charge in [0, 0.05) is 21.7 Å². The molecule has 2 rings (SSSR count). The Hall–Kier alpha value is -1.24. The highest BCUT2D eigenvalue weighted by Crippen LogP contribution is 2.30. The van der Waals surface area contributed by atoms with Crippen molar-refractivity contribution in [3.05, 3.63) is 39.8 Å². The fraction of sp³-hybridized carbons (Fsp3) is 0.250. The smallest absolute Gasteiger partial charge is 0.251 e. The van der Waals surface area contributed by atoms with Gasteiger partial charge in [-0.3, -0.25) is 4.79 Å². The molecule has 0 radical (unpaired) electrons. The lowest BCUT2D eigenvalue weighted by Gasteiger charge is -2.05. The largest absolute Gasteiger partial charge is 0.326 e. The fourth-order valence-corrected chi connectivity index (χ4v) is 3.37. The number of thiophene rings is 1. The van der Waals surface area contributed by atoms with Gasteiger partial charge in [0.15, 0.2) is 0 Å². The number of hydrogen-bond acceptors (Lipinski definition) is 3. The predicted octanol–water partition coefficient (Wildman–Crippen LogP) is 1.96. The number of nitrogens with one attached hydrogen (secondary N) is 1. The standard InChI is InChI=1S/C12H14N2O2S2/c1-3-8-6-9(7(2)14-12(8)15)10-4-5-11(17-10)18(13)16/h4-6H,3,13H2,1-2H3,(H,14,15). The average Bonchev–Trinajstić information content (AvgIpc) is 2.78. The molecule has 1 atom stereocenters. The monoisotopic (exact) mass is 282 g/mol. The number of nitrogens with two attached hydrogens (primary N) is 1. The lowest BCUT2D eigenvalue weighted by Crippen LogP contribution is -2.13. The van der Waals surface area contributed by atoms with E-state index in [2.05, 4.69) is 4.98 Å². The van der Waals surface area contributed by atoms with Gasteiger partial charge in [0.2, 0.25) is 0 Å². The summed E-state index contributed by atoms with van der Waals surface area (Å²) in [6.45, 7) is 3.80. The molecule has 2 aromatic rings. The minimum absolute atomic E-state index is 0.0436. The lowest BCUT2D eigenvalue weighted by atomic mass is 10.1. The summed E-state index contributed by atoms with van der Waals surface area (Å²) in [7, 11) is -1.45. The second-order valence-electron chi connectivity index (χ2n) is 3.93. The minimum Gasteiger partial charge on any atom is -0.326 e. The second-order valence-corrected chi connectivity index (χ2v) is 6.31. The molecule has 4 nitrogen and oxygen atoms in total. The van der Waals surface area contributed by atoms with E-state index in [9.17, 15) is 9.00 Å². The van der Waals surface area contributed by atoms with Crippen LogP contribution in [0.4, 0.5) is 0 Å². The molecule has 0 aliphatic carbocycles. The van der Waals surface area contributed by atoms with Crippen LogP contribution >= 0.6 is 11.3 Å². The van der Waals surface area contributed by atoms with E-state index < -0.39 is 11.0 Å². The van der Waals surface area contributed by atoms with E-state index >= 15 is 0 Å². The molecule has 96 valence electrons. The van der Waals surface area contributed by atoms with Gasteiger partial charge in [-0.2, -0.15) is 0 Å². The molecule has 0 saturated heterocycles. The highest BCUT2D eigenvalue weighted by Gasteiger charge is 2.10. The molecule has 0 aromatic carbocycles. The van der Waals surface area contributed by atoms with Crippen LogP contribution in [0.25, 0.3) is 10.4 Å². The fourth-order valence-electron chi connectivity index (χ4n) is 1.76. The van der Waals surface area contributed by atoms with Crippen molar-refractivity contribution in [2.45, 2.75) is 24.5 Å². The van der Waals surface area contributed by atoms with Gasteiger partial charge in [-0.05, 0) is 31.5 Å². The summed E-state index contributed by atoms with van der Waals surface area (Å²) in [6, 6.07) is 5.53. The number of H-pyrrole nitrogens is 1. The maximum absolute atomic E-state index is 11.6. The minimum atomic E-state index is -1.45. The van der Waals surface area contributed by atoms with Crippen LogP contribution in [0, 0.1) is 6.92 Å². The van der Waals surface area contributed by atoms with Crippen molar-refractivity contribution >= 4 is 22.3 Å². The molecule has 0 amide bonds. The van der Waals surface area contributed by atoms with Crippen LogP contribution in [-0.2, 0) is 17.4 Å². The third-order valence-corrected chi connectivity index (χ3v) is 4.93. The van der Waals surface area contributed by atoms with Gasteiger partial charge in [-0.15, -0.1) is 11.3 Å². The molecular formula is C12H14N2O2S2. The Kier molecular flexibility index (Phi) is 3.79. The van der Waals surface area contributed by atoms with Crippen molar-refractivity contribution in [1.29, 1.82) is 0 Å². The van der Waals surface area contributed by atoms with Crippen molar-refractivity contribution in [2.24, 2.45) is 5.14 Å². The first-order valence-electron chi connectivity index (χ1n) is 5.52. The lowest BCUT2D eigenvalue weighted by molar-refractivity contribution is 0.685. The van der Waals surface area contributed by atoms with E-state index in [1.807, 2.05) is 26.0 Å². The number of aromatic amines is 1. The normalized spacial score (nSPS) is 12.6. The van der Waals surface area contributed by atoms with Crippen LogP contribution < -0.4 is 10.7 Å². The molecule has 2 heterocycles. The molecular weight excluding hydrogens is 268 g/mol. The van der Waals surface area contributed by atoms with Crippen molar-refractivity contribution in [2.75, 3.05) is 0 Å². The number of pyridine rings is 1. The maximum Gasteiger partial charge on any atom is 0.251 e. The second kappa shape index (κ2) is 5.17. The number of aryl methyl sites for hydroxylation is 2. The molecule has 6 heteroatoms. The molecule has 18 heavy (non-hydrogen) atoms. The summed E-state index contributed by atoms with van der Waals surface area (Å²) < 4.78 is 11.8. The van der Waals surface area contributed by atoms with Crippen molar-refractivity contribution < 1.29 is 4.21 Å². The summed E-state index contributed by atoms with van der Waals surface area (Å²) in [4.78, 5) is 15.5. The summed E-state index contributed by atoms with van der Waals surface area (Å²) in [6.07, 6.45) is 0.684. The van der Waals surface area contributed by atoms with Gasteiger partial charge in [-0.1, -0.05) is 6.92 Å². The summed E-state index contributed by atoms with van der Waals surface area (Å²) in [5.41, 5.74) is 2.49. The molecule has 3 N–H and O–H groups in total. The van der Waals surface area contributed by atoms with Crippen LogP contribution in [-0.4, -0.2) is 9.19 Å². The first kappa shape index (κ1) is 13.2. The summed E-state index contributed by atoms with van der Waals surface area (Å²) in [5, 5.41) is 5.35. The highest BCUT2D eigenvalue weighted by molar-refractivity contribution is 7.85. The predicted molar refractivity (Wildman–Crippen MR) is 75.1 cm³/mol. The van der Waals surface area contributed by atoms with Crippen molar-refractivity contribution in [1.82, 2.24) is 4.98 Å². The first-order chi connectivity index (χ1) is 8.52. The Balaban J connectivity index is 2.55. The first-order valence-corrected chi connectivity index (χ1v) is 7.55.